The van der Waals surface area contributed by atoms with Crippen LogP contribution in [0, 0.1) is 5.82 Å². The van der Waals surface area contributed by atoms with Gasteiger partial charge >= 0.3 is 0 Å². The molecule has 0 atom stereocenters. The van der Waals surface area contributed by atoms with Gasteiger partial charge in [-0.25, -0.2) is 4.39 Å². The summed E-state index contributed by atoms with van der Waals surface area (Å²) in [6, 6.07) is 11.8. The highest BCUT2D eigenvalue weighted by molar-refractivity contribution is 6.02. The van der Waals surface area contributed by atoms with E-state index in [0.29, 0.717) is 5.56 Å². The Morgan fingerprint density at radius 1 is 1.13 bits per heavy atom. The molecular formula is C18H16FN3O. The van der Waals surface area contributed by atoms with Crippen molar-refractivity contribution in [1.82, 2.24) is 0 Å². The number of aryl methyl sites for hydroxylation is 1. The summed E-state index contributed by atoms with van der Waals surface area (Å²) >= 11 is 0. The molecule has 0 bridgehead atoms. The van der Waals surface area contributed by atoms with Crippen LogP contribution in [0.15, 0.2) is 53.5 Å². The minimum atomic E-state index is -0.489. The molecule has 0 heterocycles. The number of aliphatic imine (C=N–C) groups is 1. The molecule has 2 aromatic rings. The fourth-order valence-corrected chi connectivity index (χ4v) is 2.77. The summed E-state index contributed by atoms with van der Waals surface area (Å²) in [7, 11) is 0. The first-order chi connectivity index (χ1) is 11.0. The first kappa shape index (κ1) is 15.0. The van der Waals surface area contributed by atoms with E-state index in [2.05, 4.69) is 11.1 Å². The number of fused-ring (bicyclic) bond motifs is 1. The summed E-state index contributed by atoms with van der Waals surface area (Å²) in [6.07, 6.45) is 3.82. The molecule has 2 aromatic carbocycles. The molecular weight excluding hydrogens is 293 g/mol. The van der Waals surface area contributed by atoms with Gasteiger partial charge in [0.2, 0.25) is 0 Å². The molecule has 0 saturated heterocycles. The standard InChI is InChI=1S/C18H16FN3O/c19-14-5-1-4-12(9-14)15-6-2-3-11-7-8-13(10-16(11)15)17(23)22-18(20)21/h1,4-10H,2-3H2,(H4,20,21,22,23). The van der Waals surface area contributed by atoms with E-state index in [4.69, 9.17) is 11.5 Å². The molecule has 5 heteroatoms. The monoisotopic (exact) mass is 309 g/mol. The van der Waals surface area contributed by atoms with Crippen LogP contribution in [0.1, 0.15) is 33.5 Å². The predicted octanol–water partition coefficient (Wildman–Crippen LogP) is 2.62. The van der Waals surface area contributed by atoms with Gasteiger partial charge in [-0.1, -0.05) is 24.3 Å². The number of benzene rings is 2. The van der Waals surface area contributed by atoms with Crippen molar-refractivity contribution in [3.8, 4) is 0 Å². The molecule has 0 saturated carbocycles. The van der Waals surface area contributed by atoms with Crippen LogP contribution in [0.2, 0.25) is 0 Å². The van der Waals surface area contributed by atoms with Gasteiger partial charge in [-0.15, -0.1) is 0 Å². The highest BCUT2D eigenvalue weighted by Gasteiger charge is 2.17. The largest absolute Gasteiger partial charge is 0.370 e. The van der Waals surface area contributed by atoms with E-state index in [1.807, 2.05) is 12.1 Å². The van der Waals surface area contributed by atoms with Crippen molar-refractivity contribution < 1.29 is 9.18 Å². The van der Waals surface area contributed by atoms with Crippen molar-refractivity contribution in [2.75, 3.05) is 0 Å². The van der Waals surface area contributed by atoms with Gasteiger partial charge in [-0.05, 0) is 59.4 Å². The molecule has 1 aliphatic carbocycles. The third-order valence-corrected chi connectivity index (χ3v) is 3.78. The number of carbonyl (C=O) groups is 1. The molecule has 116 valence electrons. The zero-order valence-electron chi connectivity index (χ0n) is 12.4. The van der Waals surface area contributed by atoms with E-state index < -0.39 is 5.91 Å². The van der Waals surface area contributed by atoms with Gasteiger partial charge < -0.3 is 11.5 Å². The topological polar surface area (TPSA) is 81.5 Å². The predicted molar refractivity (Wildman–Crippen MR) is 88.4 cm³/mol. The molecule has 1 aliphatic rings. The minimum absolute atomic E-state index is 0.270. The zero-order chi connectivity index (χ0) is 16.4. The summed E-state index contributed by atoms with van der Waals surface area (Å²) in [5, 5.41) is 0. The fraction of sp³-hybridized carbons (Fsp3) is 0.111. The van der Waals surface area contributed by atoms with Crippen LogP contribution in [0.25, 0.3) is 5.57 Å². The first-order valence-electron chi connectivity index (χ1n) is 7.28. The Morgan fingerprint density at radius 2 is 1.96 bits per heavy atom. The van der Waals surface area contributed by atoms with Crippen LogP contribution in [0.3, 0.4) is 0 Å². The number of hydrogen-bond donors (Lipinski definition) is 2. The number of nitrogens with two attached hydrogens (primary N) is 2. The normalized spacial score (nSPS) is 13.0. The Bertz CT molecular complexity index is 836. The zero-order valence-corrected chi connectivity index (χ0v) is 12.4. The van der Waals surface area contributed by atoms with Gasteiger partial charge in [0.1, 0.15) is 5.82 Å². The van der Waals surface area contributed by atoms with Crippen molar-refractivity contribution in [1.29, 1.82) is 0 Å². The van der Waals surface area contributed by atoms with Crippen LogP contribution in [-0.2, 0) is 6.42 Å². The second-order valence-corrected chi connectivity index (χ2v) is 5.38. The number of amides is 1. The van der Waals surface area contributed by atoms with Crippen molar-refractivity contribution in [2.45, 2.75) is 12.8 Å². The highest BCUT2D eigenvalue weighted by Crippen LogP contribution is 2.32. The van der Waals surface area contributed by atoms with Gasteiger partial charge in [0.15, 0.2) is 5.96 Å². The molecule has 4 nitrogen and oxygen atoms in total. The summed E-state index contributed by atoms with van der Waals surface area (Å²) in [5.74, 6) is -1.05. The van der Waals surface area contributed by atoms with E-state index in [0.717, 1.165) is 35.1 Å². The van der Waals surface area contributed by atoms with Crippen molar-refractivity contribution in [3.05, 3.63) is 76.6 Å². The molecule has 4 N–H and O–H groups in total. The van der Waals surface area contributed by atoms with Crippen LogP contribution in [0.5, 0.6) is 0 Å². The highest BCUT2D eigenvalue weighted by atomic mass is 19.1. The Balaban J connectivity index is 2.07. The Kier molecular flexibility index (Phi) is 3.93. The van der Waals surface area contributed by atoms with Crippen LogP contribution < -0.4 is 11.5 Å². The number of guanidine groups is 1. The molecule has 0 aliphatic heterocycles. The van der Waals surface area contributed by atoms with Crippen molar-refractivity contribution in [3.63, 3.8) is 0 Å². The van der Waals surface area contributed by atoms with E-state index >= 15 is 0 Å². The summed E-state index contributed by atoms with van der Waals surface area (Å²) in [6.45, 7) is 0. The molecule has 3 rings (SSSR count). The molecule has 0 radical (unpaired) electrons. The number of hydrogen-bond acceptors (Lipinski definition) is 1. The third kappa shape index (κ3) is 3.13. The lowest BCUT2D eigenvalue weighted by Crippen LogP contribution is -2.24. The van der Waals surface area contributed by atoms with E-state index in [1.165, 1.54) is 12.1 Å². The molecule has 0 fully saturated rings. The maximum Gasteiger partial charge on any atom is 0.280 e. The quantitative estimate of drug-likeness (QED) is 0.661. The second-order valence-electron chi connectivity index (χ2n) is 5.38. The Morgan fingerprint density at radius 3 is 2.70 bits per heavy atom. The third-order valence-electron chi connectivity index (χ3n) is 3.78. The molecule has 0 unspecified atom stereocenters. The Labute approximate surface area is 133 Å². The van der Waals surface area contributed by atoms with Crippen LogP contribution in [0.4, 0.5) is 4.39 Å². The average molecular weight is 309 g/mol. The minimum Gasteiger partial charge on any atom is -0.370 e. The smallest absolute Gasteiger partial charge is 0.280 e. The van der Waals surface area contributed by atoms with Gasteiger partial charge in [-0.3, -0.25) is 4.79 Å². The van der Waals surface area contributed by atoms with Crippen LogP contribution >= 0.6 is 0 Å². The Hall–Kier alpha value is -2.95. The number of halogens is 1. The molecule has 0 spiro atoms. The lowest BCUT2D eigenvalue weighted by atomic mass is 9.86. The van der Waals surface area contributed by atoms with E-state index in [9.17, 15) is 9.18 Å². The first-order valence-corrected chi connectivity index (χ1v) is 7.28. The summed E-state index contributed by atoms with van der Waals surface area (Å²) in [5.41, 5.74) is 14.7. The molecule has 1 amide bonds. The number of nitrogens with zero attached hydrogens (tertiary/aromatic N) is 1. The van der Waals surface area contributed by atoms with E-state index in [1.54, 1.807) is 18.2 Å². The molecule has 0 aromatic heterocycles. The van der Waals surface area contributed by atoms with Gasteiger partial charge in [0.25, 0.3) is 5.91 Å². The summed E-state index contributed by atoms with van der Waals surface area (Å²) in [4.78, 5) is 15.6. The number of rotatable bonds is 2. The maximum absolute atomic E-state index is 13.5. The average Bonchev–Trinajstić information content (AvgIpc) is 2.53. The second kappa shape index (κ2) is 6.04. The number of carbonyl (C=O) groups excluding carboxylic acids is 1. The van der Waals surface area contributed by atoms with Gasteiger partial charge in [-0.2, -0.15) is 4.99 Å². The van der Waals surface area contributed by atoms with Crippen LogP contribution in [-0.4, -0.2) is 11.9 Å². The SMILES string of the molecule is NC(N)=NC(=O)c1ccc2c(c1)C(c1cccc(F)c1)=CCC2. The van der Waals surface area contributed by atoms with E-state index in [-0.39, 0.29) is 11.8 Å². The van der Waals surface area contributed by atoms with Crippen molar-refractivity contribution in [2.24, 2.45) is 16.5 Å². The van der Waals surface area contributed by atoms with Crippen molar-refractivity contribution >= 4 is 17.4 Å². The summed E-state index contributed by atoms with van der Waals surface area (Å²) < 4.78 is 13.5. The number of allylic oxidation sites excluding steroid dienone is 1. The van der Waals surface area contributed by atoms with Gasteiger partial charge in [0.05, 0.1) is 0 Å². The lowest BCUT2D eigenvalue weighted by molar-refractivity contribution is 0.100. The molecule has 23 heavy (non-hydrogen) atoms. The lowest BCUT2D eigenvalue weighted by Gasteiger charge is -2.19. The maximum atomic E-state index is 13.5. The van der Waals surface area contributed by atoms with Gasteiger partial charge in [0, 0.05) is 5.56 Å². The fourth-order valence-electron chi connectivity index (χ4n) is 2.77.